The predicted molar refractivity (Wildman–Crippen MR) is 37.9 cm³/mol. The van der Waals surface area contributed by atoms with Gasteiger partial charge in [0, 0.05) is 5.56 Å². The van der Waals surface area contributed by atoms with E-state index < -0.39 is 0 Å². The molecule has 1 heterocycles. The summed E-state index contributed by atoms with van der Waals surface area (Å²) in [5.74, 6) is 1.31. The summed E-state index contributed by atoms with van der Waals surface area (Å²) in [5, 5.41) is 8.74. The first kappa shape index (κ1) is 6.49. The molecule has 0 bridgehead atoms. The molecule has 1 aromatic rings. The highest BCUT2D eigenvalue weighted by molar-refractivity contribution is 5.50. The van der Waals surface area contributed by atoms with Gasteiger partial charge in [0.25, 0.3) is 0 Å². The molecule has 11 heavy (non-hydrogen) atoms. The molecule has 1 aromatic carbocycles. The van der Waals surface area contributed by atoms with Crippen LogP contribution in [0.3, 0.4) is 0 Å². The molecule has 0 saturated heterocycles. The van der Waals surface area contributed by atoms with E-state index in [1.165, 1.54) is 0 Å². The highest BCUT2D eigenvalue weighted by atomic mass is 16.7. The minimum atomic E-state index is 0.236. The Bertz CT molecular complexity index is 270. The zero-order chi connectivity index (χ0) is 7.68. The first-order valence-electron chi connectivity index (χ1n) is 3.28. The standard InChI is InChI=1S/C8H7O3/c9-4-6-2-1-3-7-8(6)11-5-10-7/h1-4,9H,5H2. The summed E-state index contributed by atoms with van der Waals surface area (Å²) in [7, 11) is 0. The van der Waals surface area contributed by atoms with Crippen LogP contribution < -0.4 is 9.47 Å². The predicted octanol–water partition coefficient (Wildman–Crippen LogP) is 1.30. The smallest absolute Gasteiger partial charge is 0.231 e. The van der Waals surface area contributed by atoms with Crippen molar-refractivity contribution in [1.29, 1.82) is 0 Å². The first-order valence-corrected chi connectivity index (χ1v) is 3.28. The van der Waals surface area contributed by atoms with E-state index in [2.05, 4.69) is 0 Å². The first-order chi connectivity index (χ1) is 5.42. The zero-order valence-corrected chi connectivity index (χ0v) is 5.78. The van der Waals surface area contributed by atoms with Crippen molar-refractivity contribution in [3.05, 3.63) is 30.4 Å². The highest BCUT2D eigenvalue weighted by Gasteiger charge is 2.15. The van der Waals surface area contributed by atoms with E-state index in [1.54, 1.807) is 18.2 Å². The molecule has 0 unspecified atom stereocenters. The van der Waals surface area contributed by atoms with Gasteiger partial charge in [0.1, 0.15) is 6.61 Å². The summed E-state index contributed by atoms with van der Waals surface area (Å²) in [5.41, 5.74) is 0.653. The van der Waals surface area contributed by atoms with Crippen molar-refractivity contribution < 1.29 is 14.6 Å². The lowest BCUT2D eigenvalue weighted by atomic mass is 10.2. The third kappa shape index (κ3) is 0.935. The van der Waals surface area contributed by atoms with Crippen LogP contribution in [0.1, 0.15) is 5.56 Å². The lowest BCUT2D eigenvalue weighted by Crippen LogP contribution is -1.94. The van der Waals surface area contributed by atoms with Gasteiger partial charge < -0.3 is 14.6 Å². The lowest BCUT2D eigenvalue weighted by molar-refractivity contribution is 0.173. The molecule has 57 valence electrons. The Balaban J connectivity index is 2.50. The average molecular weight is 151 g/mol. The second-order valence-corrected chi connectivity index (χ2v) is 2.21. The van der Waals surface area contributed by atoms with E-state index in [9.17, 15) is 0 Å². The second-order valence-electron chi connectivity index (χ2n) is 2.21. The van der Waals surface area contributed by atoms with Gasteiger partial charge in [-0.2, -0.15) is 0 Å². The Hall–Kier alpha value is -1.22. The Kier molecular flexibility index (Phi) is 1.43. The maximum absolute atomic E-state index is 8.74. The van der Waals surface area contributed by atoms with Crippen molar-refractivity contribution in [3.8, 4) is 11.5 Å². The maximum atomic E-state index is 8.74. The number of aliphatic hydroxyl groups excluding tert-OH is 1. The molecule has 0 fully saturated rings. The van der Waals surface area contributed by atoms with Gasteiger partial charge in [-0.1, -0.05) is 12.1 Å². The summed E-state index contributed by atoms with van der Waals surface area (Å²) < 4.78 is 10.2. The fourth-order valence-electron chi connectivity index (χ4n) is 1.05. The van der Waals surface area contributed by atoms with E-state index in [1.807, 2.05) is 0 Å². The number of fused-ring (bicyclic) bond motifs is 1. The summed E-state index contributed by atoms with van der Waals surface area (Å²) in [6.07, 6.45) is 0. The number of hydrogen-bond donors (Lipinski definition) is 1. The fraction of sp³-hybridized carbons (Fsp3) is 0.125. The van der Waals surface area contributed by atoms with Crippen molar-refractivity contribution in [2.45, 2.75) is 0 Å². The molecule has 1 radical (unpaired) electrons. The lowest BCUT2D eigenvalue weighted by Gasteiger charge is -1.99. The normalized spacial score (nSPS) is 13.5. The summed E-state index contributed by atoms with van der Waals surface area (Å²) in [6.45, 7) is 1.24. The Morgan fingerprint density at radius 3 is 3.09 bits per heavy atom. The van der Waals surface area contributed by atoms with Crippen LogP contribution in [0.25, 0.3) is 0 Å². The van der Waals surface area contributed by atoms with E-state index in [-0.39, 0.29) is 6.79 Å². The molecule has 0 saturated carbocycles. The molecule has 3 nitrogen and oxygen atoms in total. The van der Waals surface area contributed by atoms with Gasteiger partial charge in [0.15, 0.2) is 11.5 Å². The largest absolute Gasteiger partial charge is 0.454 e. The number of hydrogen-bond acceptors (Lipinski definition) is 3. The summed E-state index contributed by atoms with van der Waals surface area (Å²) >= 11 is 0. The van der Waals surface area contributed by atoms with Crippen LogP contribution in [0, 0.1) is 6.61 Å². The number of aliphatic hydroxyl groups is 1. The SMILES string of the molecule is O[CH]c1cccc2c1OCO2. The quantitative estimate of drug-likeness (QED) is 0.657. The molecule has 0 spiro atoms. The maximum Gasteiger partial charge on any atom is 0.231 e. The van der Waals surface area contributed by atoms with Gasteiger partial charge in [0.05, 0.1) is 0 Å². The molecule has 3 heteroatoms. The van der Waals surface area contributed by atoms with E-state index in [4.69, 9.17) is 14.6 Å². The Morgan fingerprint density at radius 2 is 2.27 bits per heavy atom. The van der Waals surface area contributed by atoms with Gasteiger partial charge >= 0.3 is 0 Å². The molecule has 1 aliphatic rings. The molecule has 0 aliphatic carbocycles. The van der Waals surface area contributed by atoms with Crippen LogP contribution in [0.2, 0.25) is 0 Å². The molecule has 1 N–H and O–H groups in total. The van der Waals surface area contributed by atoms with Crippen molar-refractivity contribution in [2.24, 2.45) is 0 Å². The van der Waals surface area contributed by atoms with Gasteiger partial charge in [-0.3, -0.25) is 0 Å². The van der Waals surface area contributed by atoms with Gasteiger partial charge in [-0.05, 0) is 6.07 Å². The molecular formula is C8H7O3. The van der Waals surface area contributed by atoms with E-state index in [0.29, 0.717) is 17.1 Å². The molecule has 0 aromatic heterocycles. The van der Waals surface area contributed by atoms with Gasteiger partial charge in [0.2, 0.25) is 6.79 Å². The van der Waals surface area contributed by atoms with Crippen molar-refractivity contribution in [1.82, 2.24) is 0 Å². The van der Waals surface area contributed by atoms with Crippen LogP contribution in [-0.2, 0) is 0 Å². The molecule has 0 amide bonds. The zero-order valence-electron chi connectivity index (χ0n) is 5.78. The third-order valence-corrected chi connectivity index (χ3v) is 1.57. The van der Waals surface area contributed by atoms with Crippen LogP contribution in [-0.4, -0.2) is 11.9 Å². The number of rotatable bonds is 1. The van der Waals surface area contributed by atoms with Crippen LogP contribution >= 0.6 is 0 Å². The minimum absolute atomic E-state index is 0.236. The van der Waals surface area contributed by atoms with Crippen LogP contribution in [0.15, 0.2) is 18.2 Å². The Morgan fingerprint density at radius 1 is 1.36 bits per heavy atom. The molecule has 1 aliphatic heterocycles. The monoisotopic (exact) mass is 151 g/mol. The van der Waals surface area contributed by atoms with Crippen LogP contribution in [0.4, 0.5) is 0 Å². The topological polar surface area (TPSA) is 38.7 Å². The summed E-state index contributed by atoms with van der Waals surface area (Å²) in [6, 6.07) is 5.36. The second kappa shape index (κ2) is 2.43. The van der Waals surface area contributed by atoms with Crippen molar-refractivity contribution >= 4 is 0 Å². The minimum Gasteiger partial charge on any atom is -0.454 e. The fourth-order valence-corrected chi connectivity index (χ4v) is 1.05. The molecular weight excluding hydrogens is 144 g/mol. The number of ether oxygens (including phenoxy) is 2. The van der Waals surface area contributed by atoms with Gasteiger partial charge in [-0.25, -0.2) is 0 Å². The van der Waals surface area contributed by atoms with Gasteiger partial charge in [-0.15, -0.1) is 0 Å². The van der Waals surface area contributed by atoms with Crippen molar-refractivity contribution in [3.63, 3.8) is 0 Å². The average Bonchev–Trinajstić information content (AvgIpc) is 2.50. The van der Waals surface area contributed by atoms with E-state index >= 15 is 0 Å². The Labute approximate surface area is 64.2 Å². The van der Waals surface area contributed by atoms with Crippen LogP contribution in [0.5, 0.6) is 11.5 Å². The highest BCUT2D eigenvalue weighted by Crippen LogP contribution is 2.35. The number of para-hydroxylation sites is 1. The molecule has 2 rings (SSSR count). The van der Waals surface area contributed by atoms with Crippen molar-refractivity contribution in [2.75, 3.05) is 6.79 Å². The van der Waals surface area contributed by atoms with E-state index in [0.717, 1.165) is 6.61 Å². The molecule has 0 atom stereocenters. The third-order valence-electron chi connectivity index (χ3n) is 1.57. The number of benzene rings is 1. The summed E-state index contributed by atoms with van der Waals surface area (Å²) in [4.78, 5) is 0.